The van der Waals surface area contributed by atoms with Gasteiger partial charge >= 0.3 is 6.18 Å². The van der Waals surface area contributed by atoms with Gasteiger partial charge in [-0.1, -0.05) is 34.6 Å². The summed E-state index contributed by atoms with van der Waals surface area (Å²) in [5, 5.41) is 14.0. The summed E-state index contributed by atoms with van der Waals surface area (Å²) in [4.78, 5) is 0. The first-order valence-corrected chi connectivity index (χ1v) is 6.09. The molecule has 0 unspecified atom stereocenters. The molecule has 0 saturated heterocycles. The molecule has 1 aromatic carbocycles. The van der Waals surface area contributed by atoms with E-state index in [2.05, 4.69) is 10.2 Å². The average Bonchev–Trinajstić information content (AvgIpc) is 2.80. The SMILES string of the molecule is OCCc1ccccc1Oc1nnc(C(F)(F)F)s1. The van der Waals surface area contributed by atoms with E-state index in [0.717, 1.165) is 0 Å². The molecule has 1 heterocycles. The van der Waals surface area contributed by atoms with E-state index in [0.29, 0.717) is 29.1 Å². The van der Waals surface area contributed by atoms with Gasteiger partial charge in [0.1, 0.15) is 5.75 Å². The Labute approximate surface area is 110 Å². The highest BCUT2D eigenvalue weighted by molar-refractivity contribution is 7.13. The van der Waals surface area contributed by atoms with Crippen LogP contribution in [0.2, 0.25) is 0 Å². The third-order valence-electron chi connectivity index (χ3n) is 2.20. The maximum absolute atomic E-state index is 12.4. The van der Waals surface area contributed by atoms with Crippen molar-refractivity contribution in [3.05, 3.63) is 34.8 Å². The van der Waals surface area contributed by atoms with E-state index in [4.69, 9.17) is 9.84 Å². The number of para-hydroxylation sites is 1. The summed E-state index contributed by atoms with van der Waals surface area (Å²) in [6.07, 6.45) is -4.18. The molecule has 0 aliphatic carbocycles. The standard InChI is InChI=1S/C11H9F3N2O2S/c12-11(13,14)9-15-16-10(19-9)18-8-4-2-1-3-7(8)5-6-17/h1-4,17H,5-6H2. The molecule has 2 rings (SSSR count). The van der Waals surface area contributed by atoms with E-state index < -0.39 is 11.2 Å². The van der Waals surface area contributed by atoms with Gasteiger partial charge in [0.25, 0.3) is 5.19 Å². The van der Waals surface area contributed by atoms with Crippen molar-refractivity contribution in [3.63, 3.8) is 0 Å². The molecular weight excluding hydrogens is 281 g/mol. The van der Waals surface area contributed by atoms with Gasteiger partial charge in [-0.05, 0) is 18.1 Å². The molecule has 0 amide bonds. The number of halogens is 3. The Balaban J connectivity index is 2.19. The second-order valence-corrected chi connectivity index (χ2v) is 4.49. The normalized spacial score (nSPS) is 11.6. The van der Waals surface area contributed by atoms with Gasteiger partial charge in [0, 0.05) is 6.61 Å². The summed E-state index contributed by atoms with van der Waals surface area (Å²) in [5.41, 5.74) is 0.689. The van der Waals surface area contributed by atoms with Crippen LogP contribution in [0.15, 0.2) is 24.3 Å². The fraction of sp³-hybridized carbons (Fsp3) is 0.273. The molecule has 4 nitrogen and oxygen atoms in total. The molecule has 102 valence electrons. The summed E-state index contributed by atoms with van der Waals surface area (Å²) < 4.78 is 42.3. The number of aliphatic hydroxyl groups is 1. The lowest BCUT2D eigenvalue weighted by Gasteiger charge is -2.06. The first kappa shape index (κ1) is 13.8. The number of rotatable bonds is 4. The monoisotopic (exact) mass is 290 g/mol. The Hall–Kier alpha value is -1.67. The van der Waals surface area contributed by atoms with Crippen molar-refractivity contribution in [2.24, 2.45) is 0 Å². The Bertz CT molecular complexity index is 557. The lowest BCUT2D eigenvalue weighted by molar-refractivity contribution is -0.138. The zero-order chi connectivity index (χ0) is 13.9. The lowest BCUT2D eigenvalue weighted by atomic mass is 10.1. The number of ether oxygens (including phenoxy) is 1. The fourth-order valence-corrected chi connectivity index (χ4v) is 1.97. The summed E-state index contributed by atoms with van der Waals surface area (Å²) in [5.74, 6) is 0.362. The van der Waals surface area contributed by atoms with Gasteiger partial charge in [-0.15, -0.1) is 5.10 Å². The molecule has 0 bridgehead atoms. The molecule has 8 heteroatoms. The van der Waals surface area contributed by atoms with E-state index in [-0.39, 0.29) is 11.8 Å². The van der Waals surface area contributed by atoms with Gasteiger partial charge in [0.2, 0.25) is 5.01 Å². The fourth-order valence-electron chi connectivity index (χ4n) is 1.39. The predicted molar refractivity (Wildman–Crippen MR) is 62.2 cm³/mol. The van der Waals surface area contributed by atoms with Gasteiger partial charge in [-0.2, -0.15) is 13.2 Å². The van der Waals surface area contributed by atoms with Gasteiger partial charge in [-0.25, -0.2) is 0 Å². The van der Waals surface area contributed by atoms with Crippen molar-refractivity contribution in [1.29, 1.82) is 0 Å². The second-order valence-electron chi connectivity index (χ2n) is 3.55. The molecular formula is C11H9F3N2O2S. The van der Waals surface area contributed by atoms with Crippen molar-refractivity contribution < 1.29 is 23.0 Å². The maximum atomic E-state index is 12.4. The molecule has 2 aromatic rings. The molecule has 19 heavy (non-hydrogen) atoms. The van der Waals surface area contributed by atoms with Crippen LogP contribution < -0.4 is 4.74 Å². The number of hydrogen-bond donors (Lipinski definition) is 1. The summed E-state index contributed by atoms with van der Waals surface area (Å²) in [6.45, 7) is -0.0791. The number of nitrogens with zero attached hydrogens (tertiary/aromatic N) is 2. The smallest absolute Gasteiger partial charge is 0.430 e. The summed E-state index contributed by atoms with van der Waals surface area (Å²) in [7, 11) is 0. The highest BCUT2D eigenvalue weighted by Gasteiger charge is 2.36. The largest absolute Gasteiger partial charge is 0.445 e. The van der Waals surface area contributed by atoms with Crippen LogP contribution in [0, 0.1) is 0 Å². The van der Waals surface area contributed by atoms with E-state index in [1.54, 1.807) is 24.3 Å². The van der Waals surface area contributed by atoms with Crippen LogP contribution in [-0.4, -0.2) is 21.9 Å². The van der Waals surface area contributed by atoms with Crippen molar-refractivity contribution in [1.82, 2.24) is 10.2 Å². The third-order valence-corrected chi connectivity index (χ3v) is 3.05. The van der Waals surface area contributed by atoms with E-state index in [1.807, 2.05) is 0 Å². The Morgan fingerprint density at radius 2 is 1.95 bits per heavy atom. The molecule has 0 atom stereocenters. The predicted octanol–water partition coefficient (Wildman–Crippen LogP) is 2.88. The quantitative estimate of drug-likeness (QED) is 0.940. The molecule has 0 radical (unpaired) electrons. The number of alkyl halides is 3. The molecule has 0 spiro atoms. The zero-order valence-electron chi connectivity index (χ0n) is 9.52. The van der Waals surface area contributed by atoms with Gasteiger partial charge in [-0.3, -0.25) is 0 Å². The Kier molecular flexibility index (Phi) is 4.01. The van der Waals surface area contributed by atoms with Crippen LogP contribution in [0.4, 0.5) is 13.2 Å². The minimum Gasteiger partial charge on any atom is -0.430 e. The Morgan fingerprint density at radius 3 is 2.58 bits per heavy atom. The molecule has 0 aliphatic rings. The van der Waals surface area contributed by atoms with Crippen molar-refractivity contribution in [2.75, 3.05) is 6.61 Å². The topological polar surface area (TPSA) is 55.2 Å². The van der Waals surface area contributed by atoms with Crippen LogP contribution in [0.1, 0.15) is 10.6 Å². The number of hydrogen-bond acceptors (Lipinski definition) is 5. The minimum absolute atomic E-state index is 0.0791. The molecule has 1 aromatic heterocycles. The summed E-state index contributed by atoms with van der Waals surface area (Å²) >= 11 is 0.330. The molecule has 0 saturated carbocycles. The highest BCUT2D eigenvalue weighted by atomic mass is 32.1. The van der Waals surface area contributed by atoms with Gasteiger partial charge in [0.15, 0.2) is 0 Å². The van der Waals surface area contributed by atoms with Crippen LogP contribution in [0.3, 0.4) is 0 Å². The highest BCUT2D eigenvalue weighted by Crippen LogP contribution is 2.36. The van der Waals surface area contributed by atoms with Crippen LogP contribution in [0.25, 0.3) is 0 Å². The van der Waals surface area contributed by atoms with Crippen LogP contribution >= 0.6 is 11.3 Å². The first-order valence-electron chi connectivity index (χ1n) is 5.28. The zero-order valence-corrected chi connectivity index (χ0v) is 10.3. The van der Waals surface area contributed by atoms with Gasteiger partial charge in [0.05, 0.1) is 0 Å². The first-order chi connectivity index (χ1) is 9.00. The molecule has 0 aliphatic heterocycles. The maximum Gasteiger partial charge on any atom is 0.445 e. The number of benzene rings is 1. The summed E-state index contributed by atoms with van der Waals surface area (Å²) in [6, 6.07) is 6.75. The van der Waals surface area contributed by atoms with Crippen LogP contribution in [-0.2, 0) is 12.6 Å². The van der Waals surface area contributed by atoms with Crippen molar-refractivity contribution in [3.8, 4) is 10.9 Å². The number of aliphatic hydroxyl groups excluding tert-OH is 1. The molecule has 0 fully saturated rings. The average molecular weight is 290 g/mol. The van der Waals surface area contributed by atoms with E-state index in [9.17, 15) is 13.2 Å². The van der Waals surface area contributed by atoms with Gasteiger partial charge < -0.3 is 9.84 Å². The van der Waals surface area contributed by atoms with Crippen LogP contribution in [0.5, 0.6) is 10.9 Å². The number of aromatic nitrogens is 2. The Morgan fingerprint density at radius 1 is 1.21 bits per heavy atom. The lowest BCUT2D eigenvalue weighted by Crippen LogP contribution is -2.03. The minimum atomic E-state index is -4.52. The van der Waals surface area contributed by atoms with Crippen molar-refractivity contribution in [2.45, 2.75) is 12.6 Å². The van der Waals surface area contributed by atoms with Crippen molar-refractivity contribution >= 4 is 11.3 Å². The second kappa shape index (κ2) is 5.54. The molecule has 1 N–H and O–H groups in total. The third kappa shape index (κ3) is 3.42. The van der Waals surface area contributed by atoms with E-state index in [1.165, 1.54) is 0 Å². The van der Waals surface area contributed by atoms with E-state index >= 15 is 0 Å².